The molecule has 1 aromatic rings. The molecule has 5 heteroatoms. The Kier molecular flexibility index (Phi) is 5.09. The average molecular weight is 277 g/mol. The fourth-order valence-electron chi connectivity index (χ4n) is 1.41. The number of aryl methyl sites for hydroxylation is 1. The second-order valence-electron chi connectivity index (χ2n) is 3.94. The molecule has 0 radical (unpaired) electrons. The van der Waals surface area contributed by atoms with Crippen LogP contribution in [0.15, 0.2) is 12.1 Å². The Morgan fingerprint density at radius 3 is 2.59 bits per heavy atom. The lowest BCUT2D eigenvalue weighted by atomic mass is 10.1. The lowest BCUT2D eigenvalue weighted by Gasteiger charge is -2.16. The molecule has 1 N–H and O–H groups in total. The zero-order chi connectivity index (χ0) is 13.0. The molecule has 0 amide bonds. The van der Waals surface area contributed by atoms with Gasteiger partial charge in [-0.15, -0.1) is 0 Å². The van der Waals surface area contributed by atoms with Crippen molar-refractivity contribution < 1.29 is 14.6 Å². The number of carboxylic acid groups (broad SMARTS) is 1. The lowest BCUT2D eigenvalue weighted by molar-refractivity contribution is -0.136. The van der Waals surface area contributed by atoms with E-state index in [-0.39, 0.29) is 12.5 Å². The third-order valence-electron chi connectivity index (χ3n) is 2.05. The van der Waals surface area contributed by atoms with E-state index >= 15 is 0 Å². The van der Waals surface area contributed by atoms with Gasteiger partial charge in [0.1, 0.15) is 5.75 Å². The molecule has 0 aliphatic rings. The number of carbonyl (C=O) groups is 1. The summed E-state index contributed by atoms with van der Waals surface area (Å²) < 4.78 is 5.58. The molecule has 0 unspecified atom stereocenters. The van der Waals surface area contributed by atoms with Crippen molar-refractivity contribution in [3.63, 3.8) is 0 Å². The van der Waals surface area contributed by atoms with Crippen molar-refractivity contribution in [1.82, 2.24) is 0 Å². The van der Waals surface area contributed by atoms with Gasteiger partial charge in [0.25, 0.3) is 0 Å². The highest BCUT2D eigenvalue weighted by molar-refractivity contribution is 6.35. The number of rotatable bonds is 5. The quantitative estimate of drug-likeness (QED) is 0.890. The van der Waals surface area contributed by atoms with Crippen LogP contribution < -0.4 is 4.74 Å². The summed E-state index contributed by atoms with van der Waals surface area (Å²) in [7, 11) is 0. The van der Waals surface area contributed by atoms with Crippen molar-refractivity contribution in [3.05, 3.63) is 27.7 Å². The third kappa shape index (κ3) is 4.44. The topological polar surface area (TPSA) is 46.5 Å². The summed E-state index contributed by atoms with van der Waals surface area (Å²) in [4.78, 5) is 10.6. The summed E-state index contributed by atoms with van der Waals surface area (Å²) in [6.07, 6.45) is 0.334. The van der Waals surface area contributed by atoms with Gasteiger partial charge in [-0.05, 0) is 38.0 Å². The number of benzene rings is 1. The minimum atomic E-state index is -0.864. The van der Waals surface area contributed by atoms with Crippen LogP contribution in [0.1, 0.15) is 25.8 Å². The standard InChI is InChI=1S/C12H14Cl2O3/c1-7(2)17-12-8(3-4-11(15)16)5-9(13)6-10(12)14/h5-7H,3-4H2,1-2H3,(H,15,16). The smallest absolute Gasteiger partial charge is 0.303 e. The molecular weight excluding hydrogens is 263 g/mol. The summed E-state index contributed by atoms with van der Waals surface area (Å²) in [6, 6.07) is 3.28. The number of hydrogen-bond donors (Lipinski definition) is 1. The zero-order valence-electron chi connectivity index (χ0n) is 9.67. The third-order valence-corrected chi connectivity index (χ3v) is 2.55. The molecule has 1 rings (SSSR count). The van der Waals surface area contributed by atoms with Crippen molar-refractivity contribution in [1.29, 1.82) is 0 Å². The molecule has 0 bridgehead atoms. The van der Waals surface area contributed by atoms with Gasteiger partial charge in [0.05, 0.1) is 11.1 Å². The summed E-state index contributed by atoms with van der Waals surface area (Å²) in [6.45, 7) is 3.76. The molecule has 0 heterocycles. The predicted molar refractivity (Wildman–Crippen MR) is 68.2 cm³/mol. The number of aliphatic carboxylic acids is 1. The Labute approximate surface area is 110 Å². The zero-order valence-corrected chi connectivity index (χ0v) is 11.2. The first-order chi connectivity index (χ1) is 7.90. The van der Waals surface area contributed by atoms with Crippen LogP contribution >= 0.6 is 23.2 Å². The fourth-order valence-corrected chi connectivity index (χ4v) is 1.99. The molecule has 0 fully saturated rings. The van der Waals surface area contributed by atoms with Gasteiger partial charge in [-0.2, -0.15) is 0 Å². The van der Waals surface area contributed by atoms with Gasteiger partial charge >= 0.3 is 5.97 Å². The van der Waals surface area contributed by atoms with E-state index in [1.807, 2.05) is 13.8 Å². The van der Waals surface area contributed by atoms with Crippen LogP contribution in [0.5, 0.6) is 5.75 Å². The van der Waals surface area contributed by atoms with E-state index in [2.05, 4.69) is 0 Å². The maximum absolute atomic E-state index is 10.6. The molecular formula is C12H14Cl2O3. The summed E-state index contributed by atoms with van der Waals surface area (Å²) in [5.41, 5.74) is 0.721. The number of ether oxygens (including phenoxy) is 1. The average Bonchev–Trinajstić information content (AvgIpc) is 2.18. The van der Waals surface area contributed by atoms with E-state index in [1.165, 1.54) is 0 Å². The molecule has 0 aliphatic heterocycles. The van der Waals surface area contributed by atoms with E-state index in [0.717, 1.165) is 5.56 Å². The van der Waals surface area contributed by atoms with E-state index in [0.29, 0.717) is 22.2 Å². The molecule has 0 atom stereocenters. The summed E-state index contributed by atoms with van der Waals surface area (Å²) in [5, 5.41) is 9.57. The molecule has 0 aromatic heterocycles. The highest BCUT2D eigenvalue weighted by Gasteiger charge is 2.13. The SMILES string of the molecule is CC(C)Oc1c(Cl)cc(Cl)cc1CCC(=O)O. The number of carboxylic acids is 1. The van der Waals surface area contributed by atoms with Gasteiger partial charge in [0, 0.05) is 11.4 Å². The number of hydrogen-bond acceptors (Lipinski definition) is 2. The molecule has 0 saturated heterocycles. The second-order valence-corrected chi connectivity index (χ2v) is 4.78. The van der Waals surface area contributed by atoms with Crippen LogP contribution in [0.2, 0.25) is 10.0 Å². The van der Waals surface area contributed by atoms with Gasteiger partial charge in [-0.1, -0.05) is 23.2 Å². The van der Waals surface area contributed by atoms with Crippen LogP contribution in [0.3, 0.4) is 0 Å². The van der Waals surface area contributed by atoms with Gasteiger partial charge in [0.15, 0.2) is 0 Å². The largest absolute Gasteiger partial charge is 0.489 e. The Morgan fingerprint density at radius 1 is 1.41 bits per heavy atom. The van der Waals surface area contributed by atoms with Crippen LogP contribution in [-0.4, -0.2) is 17.2 Å². The first-order valence-corrected chi connectivity index (χ1v) is 6.02. The monoisotopic (exact) mass is 276 g/mol. The van der Waals surface area contributed by atoms with Crippen molar-refractivity contribution in [2.45, 2.75) is 32.8 Å². The van der Waals surface area contributed by atoms with Crippen molar-refractivity contribution in [2.24, 2.45) is 0 Å². The van der Waals surface area contributed by atoms with Gasteiger partial charge < -0.3 is 9.84 Å². The van der Waals surface area contributed by atoms with E-state index in [9.17, 15) is 4.79 Å². The molecule has 3 nitrogen and oxygen atoms in total. The lowest BCUT2D eigenvalue weighted by Crippen LogP contribution is -2.09. The Hall–Kier alpha value is -0.930. The van der Waals surface area contributed by atoms with Crippen LogP contribution in [0.25, 0.3) is 0 Å². The van der Waals surface area contributed by atoms with Crippen LogP contribution in [-0.2, 0) is 11.2 Å². The minimum absolute atomic E-state index is 0.0190. The van der Waals surface area contributed by atoms with E-state index in [4.69, 9.17) is 33.0 Å². The second kappa shape index (κ2) is 6.12. The van der Waals surface area contributed by atoms with E-state index in [1.54, 1.807) is 12.1 Å². The Bertz CT molecular complexity index is 416. The first kappa shape index (κ1) is 14.1. The van der Waals surface area contributed by atoms with Crippen molar-refractivity contribution in [3.8, 4) is 5.75 Å². The maximum atomic E-state index is 10.6. The highest BCUT2D eigenvalue weighted by Crippen LogP contribution is 2.33. The fraction of sp³-hybridized carbons (Fsp3) is 0.417. The Morgan fingerprint density at radius 2 is 2.06 bits per heavy atom. The van der Waals surface area contributed by atoms with Gasteiger partial charge in [0.2, 0.25) is 0 Å². The molecule has 94 valence electrons. The van der Waals surface area contributed by atoms with Crippen molar-refractivity contribution >= 4 is 29.2 Å². The minimum Gasteiger partial charge on any atom is -0.489 e. The van der Waals surface area contributed by atoms with Crippen molar-refractivity contribution in [2.75, 3.05) is 0 Å². The molecule has 0 saturated carbocycles. The van der Waals surface area contributed by atoms with Crippen LogP contribution in [0, 0.1) is 0 Å². The summed E-state index contributed by atoms with van der Waals surface area (Å²) >= 11 is 11.9. The molecule has 1 aromatic carbocycles. The number of halogens is 2. The Balaban J connectivity index is 3.02. The van der Waals surface area contributed by atoms with Gasteiger partial charge in [-0.3, -0.25) is 4.79 Å². The summed E-state index contributed by atoms with van der Waals surface area (Å²) in [5.74, 6) is -0.344. The first-order valence-electron chi connectivity index (χ1n) is 5.26. The van der Waals surface area contributed by atoms with Gasteiger partial charge in [-0.25, -0.2) is 0 Å². The maximum Gasteiger partial charge on any atom is 0.303 e. The highest BCUT2D eigenvalue weighted by atomic mass is 35.5. The van der Waals surface area contributed by atoms with E-state index < -0.39 is 5.97 Å². The molecule has 0 spiro atoms. The normalized spacial score (nSPS) is 10.6. The molecule has 17 heavy (non-hydrogen) atoms. The predicted octanol–water partition coefficient (Wildman–Crippen LogP) is 3.80. The van der Waals surface area contributed by atoms with Crippen LogP contribution in [0.4, 0.5) is 0 Å². The molecule has 0 aliphatic carbocycles.